The highest BCUT2D eigenvalue weighted by Crippen LogP contribution is 2.38. The minimum atomic E-state index is -0.412. The molecule has 0 bridgehead atoms. The second-order valence-corrected chi connectivity index (χ2v) is 5.98. The Labute approximate surface area is 144 Å². The van der Waals surface area contributed by atoms with Gasteiger partial charge in [0.25, 0.3) is 0 Å². The highest BCUT2D eigenvalue weighted by Gasteiger charge is 2.26. The van der Waals surface area contributed by atoms with Gasteiger partial charge in [-0.15, -0.1) is 0 Å². The third-order valence-corrected chi connectivity index (χ3v) is 3.95. The molecule has 3 aromatic rings. The zero-order valence-corrected chi connectivity index (χ0v) is 13.5. The molecule has 6 heteroatoms. The van der Waals surface area contributed by atoms with Gasteiger partial charge in [0.05, 0.1) is 6.20 Å². The van der Waals surface area contributed by atoms with Crippen LogP contribution >= 0.6 is 0 Å². The van der Waals surface area contributed by atoms with Crippen molar-refractivity contribution in [2.45, 2.75) is 25.3 Å². The summed E-state index contributed by atoms with van der Waals surface area (Å²) in [6.07, 6.45) is 7.26. The summed E-state index contributed by atoms with van der Waals surface area (Å²) < 4.78 is 19.7. The van der Waals surface area contributed by atoms with Crippen LogP contribution in [0.15, 0.2) is 55.0 Å². The van der Waals surface area contributed by atoms with Crippen LogP contribution in [0, 0.1) is 5.82 Å². The molecule has 126 valence electrons. The van der Waals surface area contributed by atoms with E-state index < -0.39 is 5.82 Å². The van der Waals surface area contributed by atoms with Gasteiger partial charge in [0.2, 0.25) is 0 Å². The number of nitrogens with zero attached hydrogens (tertiary/aromatic N) is 3. The Balaban J connectivity index is 1.41. The van der Waals surface area contributed by atoms with E-state index in [0.29, 0.717) is 18.2 Å². The first-order valence-corrected chi connectivity index (χ1v) is 8.21. The monoisotopic (exact) mass is 336 g/mol. The molecule has 5 nitrogen and oxygen atoms in total. The fraction of sp³-hybridized carbons (Fsp3) is 0.211. The highest BCUT2D eigenvalue weighted by molar-refractivity contribution is 5.38. The molecule has 1 aliphatic rings. The Morgan fingerprint density at radius 1 is 1.16 bits per heavy atom. The molecule has 25 heavy (non-hydrogen) atoms. The minimum Gasteiger partial charge on any atom is -0.453 e. The minimum absolute atomic E-state index is 0.176. The van der Waals surface area contributed by atoms with Gasteiger partial charge >= 0.3 is 0 Å². The van der Waals surface area contributed by atoms with Crippen molar-refractivity contribution in [1.82, 2.24) is 15.0 Å². The summed E-state index contributed by atoms with van der Waals surface area (Å²) in [4.78, 5) is 12.7. The fourth-order valence-corrected chi connectivity index (χ4v) is 2.47. The van der Waals surface area contributed by atoms with Gasteiger partial charge in [-0.1, -0.05) is 6.07 Å². The maximum Gasteiger partial charge on any atom is 0.166 e. The van der Waals surface area contributed by atoms with Crippen LogP contribution in [-0.4, -0.2) is 15.0 Å². The van der Waals surface area contributed by atoms with E-state index in [-0.39, 0.29) is 5.75 Å². The topological polar surface area (TPSA) is 59.9 Å². The number of halogens is 1. The number of aromatic nitrogens is 3. The molecule has 1 aromatic carbocycles. The van der Waals surface area contributed by atoms with Crippen LogP contribution < -0.4 is 10.1 Å². The first-order chi connectivity index (χ1) is 12.3. The lowest BCUT2D eigenvalue weighted by Gasteiger charge is -2.09. The number of ether oxygens (including phenoxy) is 1. The second-order valence-electron chi connectivity index (χ2n) is 5.98. The van der Waals surface area contributed by atoms with E-state index in [1.165, 1.54) is 6.07 Å². The van der Waals surface area contributed by atoms with Crippen LogP contribution in [0.5, 0.6) is 11.5 Å². The summed E-state index contributed by atoms with van der Waals surface area (Å²) in [5.41, 5.74) is 0.808. The van der Waals surface area contributed by atoms with E-state index in [4.69, 9.17) is 4.74 Å². The molecule has 0 aliphatic heterocycles. The molecule has 4 rings (SSSR count). The van der Waals surface area contributed by atoms with E-state index in [9.17, 15) is 4.39 Å². The van der Waals surface area contributed by atoms with Gasteiger partial charge < -0.3 is 10.1 Å². The molecule has 0 radical (unpaired) electrons. The Morgan fingerprint density at radius 3 is 2.84 bits per heavy atom. The molecule has 1 N–H and O–H groups in total. The highest BCUT2D eigenvalue weighted by atomic mass is 19.1. The Morgan fingerprint density at radius 2 is 2.08 bits per heavy atom. The molecule has 1 saturated carbocycles. The predicted molar refractivity (Wildman–Crippen MR) is 92.0 cm³/mol. The van der Waals surface area contributed by atoms with Gasteiger partial charge in [-0.3, -0.25) is 4.98 Å². The SMILES string of the molecule is Fc1cc(CNc2ccnc(C3CC3)n2)ccc1Oc1cccnc1. The Kier molecular flexibility index (Phi) is 4.24. The van der Waals surface area contributed by atoms with Crippen molar-refractivity contribution in [3.63, 3.8) is 0 Å². The second kappa shape index (κ2) is 6.84. The molecule has 0 atom stereocenters. The van der Waals surface area contributed by atoms with E-state index in [1.54, 1.807) is 36.8 Å². The lowest BCUT2D eigenvalue weighted by atomic mass is 10.2. The summed E-state index contributed by atoms with van der Waals surface area (Å²) in [5, 5.41) is 3.21. The summed E-state index contributed by atoms with van der Waals surface area (Å²) in [5.74, 6) is 2.41. The van der Waals surface area contributed by atoms with Crippen molar-refractivity contribution in [3.05, 3.63) is 72.2 Å². The van der Waals surface area contributed by atoms with Crippen LogP contribution in [0.2, 0.25) is 0 Å². The van der Waals surface area contributed by atoms with Crippen molar-refractivity contribution in [2.75, 3.05) is 5.32 Å². The summed E-state index contributed by atoms with van der Waals surface area (Å²) in [7, 11) is 0. The Bertz CT molecular complexity index is 868. The average Bonchev–Trinajstić information content (AvgIpc) is 3.48. The number of rotatable bonds is 6. The molecule has 1 aliphatic carbocycles. The van der Waals surface area contributed by atoms with Crippen molar-refractivity contribution in [2.24, 2.45) is 0 Å². The van der Waals surface area contributed by atoms with E-state index in [0.717, 1.165) is 30.0 Å². The molecule has 0 unspecified atom stereocenters. The van der Waals surface area contributed by atoms with Gasteiger partial charge in [0.1, 0.15) is 17.4 Å². The summed E-state index contributed by atoms with van der Waals surface area (Å²) in [6, 6.07) is 10.2. The largest absolute Gasteiger partial charge is 0.453 e. The van der Waals surface area contributed by atoms with E-state index >= 15 is 0 Å². The quantitative estimate of drug-likeness (QED) is 0.727. The van der Waals surface area contributed by atoms with Crippen LogP contribution in [-0.2, 0) is 6.54 Å². The van der Waals surface area contributed by atoms with Crippen molar-refractivity contribution in [3.8, 4) is 11.5 Å². The maximum atomic E-state index is 14.2. The fourth-order valence-electron chi connectivity index (χ4n) is 2.47. The molecule has 0 saturated heterocycles. The van der Waals surface area contributed by atoms with Gasteiger partial charge in [0.15, 0.2) is 11.6 Å². The van der Waals surface area contributed by atoms with Gasteiger partial charge in [-0.25, -0.2) is 14.4 Å². The molecular formula is C19H17FN4O. The molecule has 0 spiro atoms. The lowest BCUT2D eigenvalue weighted by molar-refractivity contribution is 0.440. The summed E-state index contributed by atoms with van der Waals surface area (Å²) in [6.45, 7) is 0.477. The number of benzene rings is 1. The standard InChI is InChI=1S/C19H17FN4O/c20-16-10-13(3-6-17(16)25-15-2-1-8-21-12-15)11-23-18-7-9-22-19(24-18)14-4-5-14/h1-3,6-10,12,14H,4-5,11H2,(H,22,23,24). The van der Waals surface area contributed by atoms with E-state index in [2.05, 4.69) is 20.3 Å². The van der Waals surface area contributed by atoms with Crippen LogP contribution in [0.4, 0.5) is 10.2 Å². The summed E-state index contributed by atoms with van der Waals surface area (Å²) >= 11 is 0. The molecule has 1 fully saturated rings. The smallest absolute Gasteiger partial charge is 0.166 e. The maximum absolute atomic E-state index is 14.2. The average molecular weight is 336 g/mol. The first kappa shape index (κ1) is 15.5. The number of anilines is 1. The number of hydrogen-bond donors (Lipinski definition) is 1. The van der Waals surface area contributed by atoms with Crippen molar-refractivity contribution < 1.29 is 9.13 Å². The molecule has 0 amide bonds. The number of pyridine rings is 1. The lowest BCUT2D eigenvalue weighted by Crippen LogP contribution is -2.04. The first-order valence-electron chi connectivity index (χ1n) is 8.21. The third kappa shape index (κ3) is 3.91. The number of nitrogens with one attached hydrogen (secondary N) is 1. The van der Waals surface area contributed by atoms with Gasteiger partial charge in [-0.2, -0.15) is 0 Å². The normalized spacial score (nSPS) is 13.5. The van der Waals surface area contributed by atoms with Crippen LogP contribution in [0.1, 0.15) is 30.1 Å². The Hall–Kier alpha value is -3.02. The third-order valence-electron chi connectivity index (χ3n) is 3.95. The van der Waals surface area contributed by atoms with Crippen LogP contribution in [0.25, 0.3) is 0 Å². The molecule has 2 aromatic heterocycles. The van der Waals surface area contributed by atoms with E-state index in [1.807, 2.05) is 12.1 Å². The molecular weight excluding hydrogens is 319 g/mol. The van der Waals surface area contributed by atoms with Gasteiger partial charge in [-0.05, 0) is 48.7 Å². The molecule has 2 heterocycles. The zero-order valence-electron chi connectivity index (χ0n) is 13.5. The number of hydrogen-bond acceptors (Lipinski definition) is 5. The zero-order chi connectivity index (χ0) is 17.1. The van der Waals surface area contributed by atoms with Crippen LogP contribution in [0.3, 0.4) is 0 Å². The van der Waals surface area contributed by atoms with Gasteiger partial charge in [0, 0.05) is 24.9 Å². The predicted octanol–water partition coefficient (Wildman–Crippen LogP) is 4.29. The van der Waals surface area contributed by atoms with Crippen molar-refractivity contribution >= 4 is 5.82 Å². The van der Waals surface area contributed by atoms with Crippen molar-refractivity contribution in [1.29, 1.82) is 0 Å².